The first-order valence-electron chi connectivity index (χ1n) is 3.94. The van der Waals surface area contributed by atoms with E-state index in [-0.39, 0.29) is 0 Å². The third-order valence-electron chi connectivity index (χ3n) is 1.50. The van der Waals surface area contributed by atoms with Crippen molar-refractivity contribution in [2.45, 2.75) is 13.3 Å². The molecular weight excluding hydrogens is 168 g/mol. The van der Waals surface area contributed by atoms with Crippen molar-refractivity contribution in [1.29, 1.82) is 0 Å². The third-order valence-corrected chi connectivity index (χ3v) is 1.69. The number of benzene rings is 1. The summed E-state index contributed by atoms with van der Waals surface area (Å²) in [6, 6.07) is 8.17. The molecule has 0 saturated carbocycles. The van der Waals surface area contributed by atoms with Gasteiger partial charge in [0, 0.05) is 17.9 Å². The third kappa shape index (κ3) is 2.98. The van der Waals surface area contributed by atoms with Crippen LogP contribution in [-0.4, -0.2) is 5.88 Å². The van der Waals surface area contributed by atoms with E-state index in [0.717, 1.165) is 12.0 Å². The Morgan fingerprint density at radius 2 is 1.92 bits per heavy atom. The number of hydrogen-bond acceptors (Lipinski definition) is 0. The number of rotatable bonds is 1. The fourth-order valence-electron chi connectivity index (χ4n) is 0.849. The molecule has 62 valence electrons. The Hall–Kier alpha value is -0.930. The molecule has 0 radical (unpaired) electrons. The van der Waals surface area contributed by atoms with Crippen LogP contribution in [0.3, 0.4) is 0 Å². The van der Waals surface area contributed by atoms with Gasteiger partial charge < -0.3 is 0 Å². The van der Waals surface area contributed by atoms with Crippen molar-refractivity contribution in [2.24, 2.45) is 0 Å². The summed E-state index contributed by atoms with van der Waals surface area (Å²) < 4.78 is 0. The molecule has 1 aromatic carbocycles. The van der Waals surface area contributed by atoms with Crippen LogP contribution in [0.1, 0.15) is 17.5 Å². The van der Waals surface area contributed by atoms with E-state index in [0.29, 0.717) is 5.88 Å². The molecule has 0 aliphatic carbocycles. The summed E-state index contributed by atoms with van der Waals surface area (Å²) >= 11 is 5.49. The van der Waals surface area contributed by atoms with E-state index in [1.807, 2.05) is 12.1 Å². The van der Waals surface area contributed by atoms with Gasteiger partial charge in [-0.1, -0.05) is 29.5 Å². The van der Waals surface area contributed by atoms with Gasteiger partial charge in [-0.2, -0.15) is 0 Å². The minimum Gasteiger partial charge on any atom is -0.126 e. The molecule has 0 N–H and O–H groups in total. The molecule has 0 atom stereocenters. The lowest BCUT2D eigenvalue weighted by Crippen LogP contribution is -1.75. The van der Waals surface area contributed by atoms with Gasteiger partial charge >= 0.3 is 0 Å². The second-order valence-electron chi connectivity index (χ2n) is 2.61. The highest BCUT2D eigenvalue weighted by atomic mass is 35.5. The van der Waals surface area contributed by atoms with E-state index in [4.69, 9.17) is 11.6 Å². The van der Waals surface area contributed by atoms with Gasteiger partial charge in [0.25, 0.3) is 0 Å². The Morgan fingerprint density at radius 3 is 2.50 bits per heavy atom. The Kier molecular flexibility index (Phi) is 3.70. The van der Waals surface area contributed by atoms with Crippen LogP contribution in [0.25, 0.3) is 0 Å². The number of halogens is 1. The van der Waals surface area contributed by atoms with Crippen molar-refractivity contribution in [3.05, 3.63) is 35.4 Å². The van der Waals surface area contributed by atoms with E-state index in [1.54, 1.807) is 0 Å². The zero-order chi connectivity index (χ0) is 8.81. The van der Waals surface area contributed by atoms with Gasteiger partial charge in [0.1, 0.15) is 0 Å². The second kappa shape index (κ2) is 4.85. The lowest BCUT2D eigenvalue weighted by atomic mass is 10.1. The highest BCUT2D eigenvalue weighted by Crippen LogP contribution is 2.00. The molecule has 1 rings (SSSR count). The lowest BCUT2D eigenvalue weighted by Gasteiger charge is -1.90. The summed E-state index contributed by atoms with van der Waals surface area (Å²) in [6.45, 7) is 2.07. The summed E-state index contributed by atoms with van der Waals surface area (Å²) in [7, 11) is 0. The summed E-state index contributed by atoms with van der Waals surface area (Å²) in [6.07, 6.45) is 0.759. The highest BCUT2D eigenvalue weighted by molar-refractivity contribution is 6.18. The first kappa shape index (κ1) is 9.16. The molecule has 0 saturated heterocycles. The molecule has 0 unspecified atom stereocenters. The average Bonchev–Trinajstić information content (AvgIpc) is 2.09. The molecule has 12 heavy (non-hydrogen) atoms. The maximum absolute atomic E-state index is 5.49. The molecule has 0 amide bonds. The summed E-state index contributed by atoms with van der Waals surface area (Å²) in [4.78, 5) is 0. The van der Waals surface area contributed by atoms with Crippen molar-refractivity contribution < 1.29 is 0 Å². The van der Waals surface area contributed by atoms with Crippen LogP contribution >= 0.6 is 11.6 Å². The van der Waals surface area contributed by atoms with Crippen molar-refractivity contribution in [3.8, 4) is 11.8 Å². The van der Waals surface area contributed by atoms with Crippen LogP contribution < -0.4 is 0 Å². The molecule has 0 heterocycles. The molecule has 0 bridgehead atoms. The van der Waals surface area contributed by atoms with Crippen molar-refractivity contribution in [2.75, 3.05) is 5.88 Å². The molecule has 1 aromatic rings. The SMILES string of the molecule is Cc1ccc(C#CCCCl)cc1. The second-order valence-corrected chi connectivity index (χ2v) is 2.98. The maximum Gasteiger partial charge on any atom is 0.0333 e. The first-order valence-corrected chi connectivity index (χ1v) is 4.48. The molecule has 1 heteroatoms. The fraction of sp³-hybridized carbons (Fsp3) is 0.273. The number of aryl methyl sites for hydroxylation is 1. The van der Waals surface area contributed by atoms with Gasteiger partial charge in [0.05, 0.1) is 0 Å². The van der Waals surface area contributed by atoms with E-state index < -0.39 is 0 Å². The van der Waals surface area contributed by atoms with Gasteiger partial charge in [-0.15, -0.1) is 11.6 Å². The van der Waals surface area contributed by atoms with Crippen molar-refractivity contribution >= 4 is 11.6 Å². The largest absolute Gasteiger partial charge is 0.126 e. The standard InChI is InChI=1S/C11H11Cl/c1-10-5-7-11(8-6-10)4-2-3-9-12/h5-8H,3,9H2,1H3. The Bertz CT molecular complexity index is 287. The molecular formula is C11H11Cl. The predicted molar refractivity (Wildman–Crippen MR) is 53.4 cm³/mol. The van der Waals surface area contributed by atoms with E-state index >= 15 is 0 Å². The molecule has 0 fully saturated rings. The zero-order valence-electron chi connectivity index (χ0n) is 7.10. The maximum atomic E-state index is 5.49. The van der Waals surface area contributed by atoms with Gasteiger partial charge in [-0.05, 0) is 19.1 Å². The fourth-order valence-corrected chi connectivity index (χ4v) is 0.943. The van der Waals surface area contributed by atoms with E-state index in [1.165, 1.54) is 5.56 Å². The van der Waals surface area contributed by atoms with Gasteiger partial charge in [0.2, 0.25) is 0 Å². The number of alkyl halides is 1. The Morgan fingerprint density at radius 1 is 1.25 bits per heavy atom. The summed E-state index contributed by atoms with van der Waals surface area (Å²) in [5.74, 6) is 6.64. The monoisotopic (exact) mass is 178 g/mol. The van der Waals surface area contributed by atoms with E-state index in [2.05, 4.69) is 30.9 Å². The summed E-state index contributed by atoms with van der Waals surface area (Å²) in [5.41, 5.74) is 2.32. The lowest BCUT2D eigenvalue weighted by molar-refractivity contribution is 1.29. The Balaban J connectivity index is 2.66. The molecule has 0 aliphatic rings. The van der Waals surface area contributed by atoms with E-state index in [9.17, 15) is 0 Å². The minimum absolute atomic E-state index is 0.610. The van der Waals surface area contributed by atoms with Crippen LogP contribution in [0.5, 0.6) is 0 Å². The Labute approximate surface area is 78.6 Å². The van der Waals surface area contributed by atoms with Crippen LogP contribution in [0, 0.1) is 18.8 Å². The molecule has 0 spiro atoms. The van der Waals surface area contributed by atoms with Gasteiger partial charge in [-0.3, -0.25) is 0 Å². The minimum atomic E-state index is 0.610. The van der Waals surface area contributed by atoms with Crippen molar-refractivity contribution in [1.82, 2.24) is 0 Å². The zero-order valence-corrected chi connectivity index (χ0v) is 7.86. The summed E-state index contributed by atoms with van der Waals surface area (Å²) in [5, 5.41) is 0. The van der Waals surface area contributed by atoms with Crippen LogP contribution in [0.4, 0.5) is 0 Å². The quantitative estimate of drug-likeness (QED) is 0.458. The van der Waals surface area contributed by atoms with Crippen LogP contribution in [0.15, 0.2) is 24.3 Å². The van der Waals surface area contributed by atoms with Crippen LogP contribution in [0.2, 0.25) is 0 Å². The van der Waals surface area contributed by atoms with Crippen molar-refractivity contribution in [3.63, 3.8) is 0 Å². The topological polar surface area (TPSA) is 0 Å². The first-order chi connectivity index (χ1) is 5.83. The van der Waals surface area contributed by atoms with Crippen LogP contribution in [-0.2, 0) is 0 Å². The number of hydrogen-bond donors (Lipinski definition) is 0. The highest BCUT2D eigenvalue weighted by Gasteiger charge is 1.84. The average molecular weight is 179 g/mol. The van der Waals surface area contributed by atoms with Gasteiger partial charge in [-0.25, -0.2) is 0 Å². The predicted octanol–water partition coefficient (Wildman–Crippen LogP) is 2.98. The molecule has 0 nitrogen and oxygen atoms in total. The normalized spacial score (nSPS) is 8.83. The molecule has 0 aromatic heterocycles. The van der Waals surface area contributed by atoms with Gasteiger partial charge in [0.15, 0.2) is 0 Å². The molecule has 0 aliphatic heterocycles. The smallest absolute Gasteiger partial charge is 0.0333 e.